The SMILES string of the molecule is CCCOCCOCc1cccc(CNCC)n1. The third-order valence-electron chi connectivity index (χ3n) is 2.39. The minimum absolute atomic E-state index is 0.551. The molecule has 0 saturated heterocycles. The Morgan fingerprint density at radius 2 is 1.83 bits per heavy atom. The topological polar surface area (TPSA) is 43.4 Å². The monoisotopic (exact) mass is 252 g/mol. The molecular weight excluding hydrogens is 228 g/mol. The lowest BCUT2D eigenvalue weighted by molar-refractivity contribution is 0.0397. The molecule has 1 aromatic rings. The van der Waals surface area contributed by atoms with E-state index in [1.807, 2.05) is 18.2 Å². The summed E-state index contributed by atoms with van der Waals surface area (Å²) in [5.41, 5.74) is 2.03. The highest BCUT2D eigenvalue weighted by molar-refractivity contribution is 5.10. The molecule has 1 rings (SSSR count). The van der Waals surface area contributed by atoms with E-state index in [0.717, 1.165) is 37.5 Å². The molecule has 0 aromatic carbocycles. The average Bonchev–Trinajstić information content (AvgIpc) is 2.41. The van der Waals surface area contributed by atoms with Gasteiger partial charge in [0.05, 0.1) is 31.2 Å². The highest BCUT2D eigenvalue weighted by Crippen LogP contribution is 2.01. The van der Waals surface area contributed by atoms with Crippen LogP contribution < -0.4 is 5.32 Å². The molecule has 1 aromatic heterocycles. The van der Waals surface area contributed by atoms with Gasteiger partial charge in [-0.3, -0.25) is 4.98 Å². The number of nitrogens with zero attached hydrogens (tertiary/aromatic N) is 1. The number of ether oxygens (including phenoxy) is 2. The zero-order valence-electron chi connectivity index (χ0n) is 11.4. The Kier molecular flexibility index (Phi) is 8.38. The number of hydrogen-bond acceptors (Lipinski definition) is 4. The van der Waals surface area contributed by atoms with Crippen molar-refractivity contribution in [1.82, 2.24) is 10.3 Å². The summed E-state index contributed by atoms with van der Waals surface area (Å²) in [6.07, 6.45) is 1.05. The molecule has 0 radical (unpaired) electrons. The largest absolute Gasteiger partial charge is 0.379 e. The van der Waals surface area contributed by atoms with Gasteiger partial charge in [-0.05, 0) is 25.1 Å². The molecule has 0 bridgehead atoms. The number of aromatic nitrogens is 1. The van der Waals surface area contributed by atoms with Crippen LogP contribution in [0.5, 0.6) is 0 Å². The molecule has 102 valence electrons. The van der Waals surface area contributed by atoms with Gasteiger partial charge in [-0.15, -0.1) is 0 Å². The van der Waals surface area contributed by atoms with Gasteiger partial charge in [-0.25, -0.2) is 0 Å². The van der Waals surface area contributed by atoms with Gasteiger partial charge < -0.3 is 14.8 Å². The molecule has 4 heteroatoms. The molecule has 0 spiro atoms. The Balaban J connectivity index is 2.20. The zero-order chi connectivity index (χ0) is 13.1. The Morgan fingerprint density at radius 1 is 1.06 bits per heavy atom. The van der Waals surface area contributed by atoms with Crippen molar-refractivity contribution in [2.45, 2.75) is 33.4 Å². The van der Waals surface area contributed by atoms with E-state index < -0.39 is 0 Å². The zero-order valence-corrected chi connectivity index (χ0v) is 11.4. The van der Waals surface area contributed by atoms with Gasteiger partial charge >= 0.3 is 0 Å². The van der Waals surface area contributed by atoms with Gasteiger partial charge in [0.1, 0.15) is 0 Å². The Bertz CT molecular complexity index is 318. The number of rotatable bonds is 10. The van der Waals surface area contributed by atoms with Crippen LogP contribution in [-0.4, -0.2) is 31.3 Å². The number of nitrogens with one attached hydrogen (secondary N) is 1. The summed E-state index contributed by atoms with van der Waals surface area (Å²) in [6.45, 7) is 8.59. The molecule has 4 nitrogen and oxygen atoms in total. The van der Waals surface area contributed by atoms with E-state index in [4.69, 9.17) is 9.47 Å². The predicted molar refractivity (Wildman–Crippen MR) is 72.4 cm³/mol. The summed E-state index contributed by atoms with van der Waals surface area (Å²) in [4.78, 5) is 4.52. The van der Waals surface area contributed by atoms with Crippen molar-refractivity contribution >= 4 is 0 Å². The highest BCUT2D eigenvalue weighted by Gasteiger charge is 1.98. The lowest BCUT2D eigenvalue weighted by atomic mass is 10.3. The molecule has 0 saturated carbocycles. The minimum atomic E-state index is 0.551. The quantitative estimate of drug-likeness (QED) is 0.648. The van der Waals surface area contributed by atoms with Crippen molar-refractivity contribution in [3.05, 3.63) is 29.6 Å². The molecule has 0 aliphatic rings. The highest BCUT2D eigenvalue weighted by atomic mass is 16.5. The summed E-state index contributed by atoms with van der Waals surface area (Å²) in [6, 6.07) is 6.03. The molecule has 0 unspecified atom stereocenters. The van der Waals surface area contributed by atoms with Gasteiger partial charge in [0.15, 0.2) is 0 Å². The van der Waals surface area contributed by atoms with Crippen LogP contribution in [0.4, 0.5) is 0 Å². The van der Waals surface area contributed by atoms with Gasteiger partial charge in [0.25, 0.3) is 0 Å². The van der Waals surface area contributed by atoms with Crippen LogP contribution in [0.1, 0.15) is 31.7 Å². The fraction of sp³-hybridized carbons (Fsp3) is 0.643. The predicted octanol–water partition coefficient (Wildman–Crippen LogP) is 2.13. The van der Waals surface area contributed by atoms with Crippen LogP contribution in [0.25, 0.3) is 0 Å². The summed E-state index contributed by atoms with van der Waals surface area (Å²) < 4.78 is 10.9. The number of pyridine rings is 1. The molecule has 1 N–H and O–H groups in total. The van der Waals surface area contributed by atoms with Crippen molar-refractivity contribution < 1.29 is 9.47 Å². The molecular formula is C14H24N2O2. The normalized spacial score (nSPS) is 10.8. The first-order chi connectivity index (χ1) is 8.86. The van der Waals surface area contributed by atoms with Gasteiger partial charge in [-0.1, -0.05) is 19.9 Å². The van der Waals surface area contributed by atoms with E-state index in [1.165, 1.54) is 0 Å². The van der Waals surface area contributed by atoms with Gasteiger partial charge in [0, 0.05) is 13.2 Å². The lowest BCUT2D eigenvalue weighted by Crippen LogP contribution is -2.13. The first-order valence-corrected chi connectivity index (χ1v) is 6.67. The van der Waals surface area contributed by atoms with E-state index in [9.17, 15) is 0 Å². The molecule has 0 aliphatic carbocycles. The summed E-state index contributed by atoms with van der Waals surface area (Å²) in [5.74, 6) is 0. The molecule has 0 atom stereocenters. The lowest BCUT2D eigenvalue weighted by Gasteiger charge is -2.06. The maximum Gasteiger partial charge on any atom is 0.0889 e. The van der Waals surface area contributed by atoms with Crippen molar-refractivity contribution in [3.63, 3.8) is 0 Å². The van der Waals surface area contributed by atoms with Crippen molar-refractivity contribution in [2.75, 3.05) is 26.4 Å². The standard InChI is InChI=1S/C14H24N2O2/c1-3-8-17-9-10-18-12-14-7-5-6-13(16-14)11-15-4-2/h5-7,15H,3-4,8-12H2,1-2H3. The van der Waals surface area contributed by atoms with Gasteiger partial charge in [-0.2, -0.15) is 0 Å². The minimum Gasteiger partial charge on any atom is -0.379 e. The fourth-order valence-electron chi connectivity index (χ4n) is 1.50. The van der Waals surface area contributed by atoms with Crippen LogP contribution in [0, 0.1) is 0 Å². The van der Waals surface area contributed by atoms with Crippen LogP contribution in [0.3, 0.4) is 0 Å². The van der Waals surface area contributed by atoms with E-state index >= 15 is 0 Å². The summed E-state index contributed by atoms with van der Waals surface area (Å²) in [5, 5.41) is 3.26. The molecule has 0 aliphatic heterocycles. The fourth-order valence-corrected chi connectivity index (χ4v) is 1.50. The molecule has 18 heavy (non-hydrogen) atoms. The second-order valence-corrected chi connectivity index (χ2v) is 4.07. The molecule has 0 amide bonds. The Hall–Kier alpha value is -0.970. The first kappa shape index (κ1) is 15.1. The first-order valence-electron chi connectivity index (χ1n) is 6.67. The van der Waals surface area contributed by atoms with Crippen molar-refractivity contribution in [1.29, 1.82) is 0 Å². The average molecular weight is 252 g/mol. The van der Waals surface area contributed by atoms with Crippen molar-refractivity contribution in [3.8, 4) is 0 Å². The smallest absolute Gasteiger partial charge is 0.0889 e. The van der Waals surface area contributed by atoms with Crippen LogP contribution >= 0.6 is 0 Å². The Morgan fingerprint density at radius 3 is 2.61 bits per heavy atom. The second-order valence-electron chi connectivity index (χ2n) is 4.07. The molecule has 1 heterocycles. The van der Waals surface area contributed by atoms with E-state index in [2.05, 4.69) is 24.1 Å². The second kappa shape index (κ2) is 10.00. The third-order valence-corrected chi connectivity index (χ3v) is 2.39. The van der Waals surface area contributed by atoms with Gasteiger partial charge in [0.2, 0.25) is 0 Å². The van der Waals surface area contributed by atoms with Crippen molar-refractivity contribution in [2.24, 2.45) is 0 Å². The van der Waals surface area contributed by atoms with E-state index in [1.54, 1.807) is 0 Å². The summed E-state index contributed by atoms with van der Waals surface area (Å²) in [7, 11) is 0. The van der Waals surface area contributed by atoms with Crippen LogP contribution in [0.2, 0.25) is 0 Å². The third kappa shape index (κ3) is 6.69. The number of hydrogen-bond donors (Lipinski definition) is 1. The van der Waals surface area contributed by atoms with Crippen LogP contribution in [-0.2, 0) is 22.6 Å². The van der Waals surface area contributed by atoms with Crippen LogP contribution in [0.15, 0.2) is 18.2 Å². The Labute approximate surface area is 110 Å². The maximum atomic E-state index is 5.52. The van der Waals surface area contributed by atoms with E-state index in [-0.39, 0.29) is 0 Å². The maximum absolute atomic E-state index is 5.52. The molecule has 0 fully saturated rings. The summed E-state index contributed by atoms with van der Waals surface area (Å²) >= 11 is 0. The van der Waals surface area contributed by atoms with E-state index in [0.29, 0.717) is 19.8 Å².